The summed E-state index contributed by atoms with van der Waals surface area (Å²) in [5.74, 6) is 0.902. The summed E-state index contributed by atoms with van der Waals surface area (Å²) in [5.41, 5.74) is 0. The van der Waals surface area contributed by atoms with E-state index in [0.717, 1.165) is 12.3 Å². The third-order valence-electron chi connectivity index (χ3n) is 1.41. The van der Waals surface area contributed by atoms with Crippen LogP contribution >= 0.6 is 23.1 Å². The van der Waals surface area contributed by atoms with Crippen molar-refractivity contribution < 1.29 is 4.79 Å². The van der Waals surface area contributed by atoms with Gasteiger partial charge < -0.3 is 0 Å². The van der Waals surface area contributed by atoms with E-state index in [2.05, 4.69) is 9.98 Å². The van der Waals surface area contributed by atoms with E-state index >= 15 is 0 Å². The molecule has 0 atom stereocenters. The number of Topliss-reactive ketones (excluding diaryl/α,β-unsaturated/α-hetero) is 1. The van der Waals surface area contributed by atoms with Crippen LogP contribution in [0.15, 0.2) is 16.6 Å². The third-order valence-corrected chi connectivity index (χ3v) is 3.15. The van der Waals surface area contributed by atoms with Crippen molar-refractivity contribution in [2.45, 2.75) is 0 Å². The fourth-order valence-corrected chi connectivity index (χ4v) is 2.33. The molecule has 0 aliphatic carbocycles. The highest BCUT2D eigenvalue weighted by molar-refractivity contribution is 8.16. The molecule has 0 spiro atoms. The largest absolute Gasteiger partial charge is 0.284 e. The van der Waals surface area contributed by atoms with E-state index in [1.54, 1.807) is 11.6 Å². The Morgan fingerprint density at radius 2 is 2.50 bits per heavy atom. The van der Waals surface area contributed by atoms with E-state index in [0.29, 0.717) is 10.1 Å². The average molecular weight is 198 g/mol. The van der Waals surface area contributed by atoms with Gasteiger partial charge in [-0.2, -0.15) is 0 Å². The molecular weight excluding hydrogens is 192 g/mol. The van der Waals surface area contributed by atoms with E-state index in [1.807, 2.05) is 0 Å². The molecule has 0 N–H and O–H groups in total. The Kier molecular flexibility index (Phi) is 2.23. The van der Waals surface area contributed by atoms with Crippen molar-refractivity contribution >= 4 is 33.9 Å². The van der Waals surface area contributed by atoms with Gasteiger partial charge in [-0.3, -0.25) is 9.79 Å². The van der Waals surface area contributed by atoms with Gasteiger partial charge in [0, 0.05) is 23.9 Å². The second kappa shape index (κ2) is 3.37. The minimum absolute atomic E-state index is 0.0208. The quantitative estimate of drug-likeness (QED) is 0.676. The van der Waals surface area contributed by atoms with E-state index < -0.39 is 0 Å². The molecule has 0 bridgehead atoms. The summed E-state index contributed by atoms with van der Waals surface area (Å²) >= 11 is 2.88. The Morgan fingerprint density at radius 3 is 3.08 bits per heavy atom. The molecular formula is C7H6N2OS2. The van der Waals surface area contributed by atoms with E-state index in [4.69, 9.17) is 0 Å². The van der Waals surface area contributed by atoms with Gasteiger partial charge in [-0.15, -0.1) is 23.1 Å². The number of aromatic nitrogens is 1. The average Bonchev–Trinajstić information content (AvgIpc) is 2.77. The number of nitrogens with zero attached hydrogens (tertiary/aromatic N) is 2. The number of thiazole rings is 1. The van der Waals surface area contributed by atoms with Gasteiger partial charge in [-0.05, 0) is 0 Å². The van der Waals surface area contributed by atoms with Crippen LogP contribution in [0, 0.1) is 0 Å². The summed E-state index contributed by atoms with van der Waals surface area (Å²) in [6.07, 6.45) is 1.64. The van der Waals surface area contributed by atoms with Crippen LogP contribution in [-0.2, 0) is 0 Å². The summed E-state index contributed by atoms with van der Waals surface area (Å²) in [7, 11) is 0. The summed E-state index contributed by atoms with van der Waals surface area (Å²) in [5, 5.41) is 2.96. The molecule has 0 radical (unpaired) electrons. The fourth-order valence-electron chi connectivity index (χ4n) is 0.900. The molecule has 1 aliphatic heterocycles. The van der Waals surface area contributed by atoms with Gasteiger partial charge in [0.15, 0.2) is 5.01 Å². The van der Waals surface area contributed by atoms with Crippen molar-refractivity contribution in [3.63, 3.8) is 0 Å². The third kappa shape index (κ3) is 1.42. The van der Waals surface area contributed by atoms with E-state index in [1.165, 1.54) is 23.1 Å². The number of carbonyl (C=O) groups is 1. The fraction of sp³-hybridized carbons (Fsp3) is 0.286. The number of ketones is 1. The van der Waals surface area contributed by atoms with Gasteiger partial charge in [0.05, 0.1) is 0 Å². The molecule has 1 aromatic rings. The zero-order valence-electron chi connectivity index (χ0n) is 6.19. The molecule has 0 fully saturated rings. The van der Waals surface area contributed by atoms with Crippen LogP contribution in [0.3, 0.4) is 0 Å². The molecule has 0 saturated heterocycles. The second-order valence-corrected chi connectivity index (χ2v) is 4.18. The number of carbonyl (C=O) groups excluding carboxylic acids is 1. The molecule has 0 amide bonds. The number of hydrogen-bond acceptors (Lipinski definition) is 5. The highest BCUT2D eigenvalue weighted by atomic mass is 32.2. The number of aliphatic imine (C=N–C) groups is 1. The molecule has 0 unspecified atom stereocenters. The normalized spacial score (nSPS) is 16.2. The number of rotatable bonds is 2. The SMILES string of the molecule is O=C(C1=NCCS1)c1nccs1. The van der Waals surface area contributed by atoms with E-state index in [-0.39, 0.29) is 5.78 Å². The van der Waals surface area contributed by atoms with Gasteiger partial charge in [0.1, 0.15) is 5.04 Å². The highest BCUT2D eigenvalue weighted by Crippen LogP contribution is 2.17. The predicted molar refractivity (Wildman–Crippen MR) is 51.2 cm³/mol. The van der Waals surface area contributed by atoms with Crippen LogP contribution in [0.4, 0.5) is 0 Å². The first-order chi connectivity index (χ1) is 5.88. The first kappa shape index (κ1) is 7.94. The monoisotopic (exact) mass is 198 g/mol. The maximum atomic E-state index is 11.5. The Hall–Kier alpha value is -0.680. The van der Waals surface area contributed by atoms with Crippen LogP contribution in [0.25, 0.3) is 0 Å². The predicted octanol–water partition coefficient (Wildman–Crippen LogP) is 1.47. The van der Waals surface area contributed by atoms with Crippen molar-refractivity contribution in [1.29, 1.82) is 0 Å². The molecule has 1 aliphatic rings. The zero-order valence-corrected chi connectivity index (χ0v) is 7.82. The molecule has 1 aromatic heterocycles. The summed E-state index contributed by atoms with van der Waals surface area (Å²) in [4.78, 5) is 19.5. The topological polar surface area (TPSA) is 42.3 Å². The minimum Gasteiger partial charge on any atom is -0.284 e. The van der Waals surface area contributed by atoms with Crippen molar-refractivity contribution in [1.82, 2.24) is 4.98 Å². The first-order valence-corrected chi connectivity index (χ1v) is 5.36. The summed E-state index contributed by atoms with van der Waals surface area (Å²) in [6, 6.07) is 0. The van der Waals surface area contributed by atoms with Crippen molar-refractivity contribution in [3.8, 4) is 0 Å². The molecule has 0 saturated carbocycles. The van der Waals surface area contributed by atoms with Crippen molar-refractivity contribution in [2.24, 2.45) is 4.99 Å². The van der Waals surface area contributed by atoms with Gasteiger partial charge in [-0.1, -0.05) is 0 Å². The standard InChI is InChI=1S/C7H6N2OS2/c10-5(6-8-1-3-11-6)7-9-2-4-12-7/h1,3H,2,4H2. The lowest BCUT2D eigenvalue weighted by atomic mass is 10.4. The van der Waals surface area contributed by atoms with Gasteiger partial charge in [-0.25, -0.2) is 4.98 Å². The smallest absolute Gasteiger partial charge is 0.245 e. The van der Waals surface area contributed by atoms with Crippen LogP contribution in [0.5, 0.6) is 0 Å². The molecule has 2 heterocycles. The lowest BCUT2D eigenvalue weighted by Gasteiger charge is -1.92. The van der Waals surface area contributed by atoms with Crippen LogP contribution in [0.1, 0.15) is 9.80 Å². The summed E-state index contributed by atoms with van der Waals surface area (Å²) in [6.45, 7) is 0.761. The minimum atomic E-state index is -0.0208. The zero-order chi connectivity index (χ0) is 8.39. The van der Waals surface area contributed by atoms with Crippen LogP contribution in [-0.4, -0.2) is 28.1 Å². The molecule has 0 aromatic carbocycles. The van der Waals surface area contributed by atoms with Crippen LogP contribution < -0.4 is 0 Å². The molecule has 2 rings (SSSR count). The van der Waals surface area contributed by atoms with Gasteiger partial charge in [0.2, 0.25) is 5.78 Å². The number of hydrogen-bond donors (Lipinski definition) is 0. The van der Waals surface area contributed by atoms with Gasteiger partial charge >= 0.3 is 0 Å². The Balaban J connectivity index is 2.20. The Labute approximate surface area is 77.9 Å². The summed E-state index contributed by atoms with van der Waals surface area (Å²) < 4.78 is 0. The van der Waals surface area contributed by atoms with Crippen molar-refractivity contribution in [3.05, 3.63) is 16.6 Å². The molecule has 3 nitrogen and oxygen atoms in total. The molecule has 62 valence electrons. The Bertz CT molecular complexity index is 318. The Morgan fingerprint density at radius 1 is 1.58 bits per heavy atom. The van der Waals surface area contributed by atoms with Crippen LogP contribution in [0.2, 0.25) is 0 Å². The highest BCUT2D eigenvalue weighted by Gasteiger charge is 2.19. The lowest BCUT2D eigenvalue weighted by Crippen LogP contribution is -2.07. The van der Waals surface area contributed by atoms with E-state index in [9.17, 15) is 4.79 Å². The maximum absolute atomic E-state index is 11.5. The van der Waals surface area contributed by atoms with Gasteiger partial charge in [0.25, 0.3) is 0 Å². The molecule has 12 heavy (non-hydrogen) atoms. The maximum Gasteiger partial charge on any atom is 0.245 e. The number of thioether (sulfide) groups is 1. The second-order valence-electron chi connectivity index (χ2n) is 2.20. The lowest BCUT2D eigenvalue weighted by molar-refractivity contribution is 0.106. The van der Waals surface area contributed by atoms with Crippen molar-refractivity contribution in [2.75, 3.05) is 12.3 Å². The first-order valence-electron chi connectivity index (χ1n) is 3.49. The molecule has 5 heteroatoms.